The summed E-state index contributed by atoms with van der Waals surface area (Å²) in [6.45, 7) is 2.20. The van der Waals surface area contributed by atoms with Gasteiger partial charge in [-0.15, -0.1) is 11.3 Å². The molecule has 0 aliphatic carbocycles. The highest BCUT2D eigenvalue weighted by molar-refractivity contribution is 7.99. The van der Waals surface area contributed by atoms with E-state index in [-0.39, 0.29) is 0 Å². The van der Waals surface area contributed by atoms with Crippen LogP contribution in [-0.4, -0.2) is 9.55 Å². The van der Waals surface area contributed by atoms with Crippen molar-refractivity contribution in [1.82, 2.24) is 9.55 Å². The SMILES string of the molecule is CCc1nc2cccc3c2n1-c1cc(-c2c4ccccc4c(-c4ccc5c(c4)sc4ccccc45)c4ccccc24)ccc1S3. The van der Waals surface area contributed by atoms with Crippen molar-refractivity contribution in [3.8, 4) is 27.9 Å². The average Bonchev–Trinajstić information content (AvgIpc) is 3.66. The van der Waals surface area contributed by atoms with Crippen LogP contribution in [0.25, 0.3) is 80.7 Å². The first-order chi connectivity index (χ1) is 22.3. The van der Waals surface area contributed by atoms with Gasteiger partial charge < -0.3 is 0 Å². The molecule has 0 atom stereocenters. The van der Waals surface area contributed by atoms with Gasteiger partial charge in [-0.05, 0) is 80.2 Å². The van der Waals surface area contributed by atoms with Gasteiger partial charge in [0.25, 0.3) is 0 Å². The van der Waals surface area contributed by atoms with Crippen molar-refractivity contribution in [2.45, 2.75) is 23.1 Å². The quantitative estimate of drug-likeness (QED) is 0.185. The summed E-state index contributed by atoms with van der Waals surface area (Å²) in [6, 6.07) is 47.2. The zero-order valence-electron chi connectivity index (χ0n) is 24.5. The second-order valence-electron chi connectivity index (χ2n) is 11.8. The minimum Gasteiger partial charge on any atom is -0.294 e. The van der Waals surface area contributed by atoms with Crippen molar-refractivity contribution in [3.05, 3.63) is 133 Å². The van der Waals surface area contributed by atoms with E-state index in [2.05, 4.69) is 139 Å². The van der Waals surface area contributed by atoms with Crippen LogP contribution < -0.4 is 0 Å². The van der Waals surface area contributed by atoms with E-state index in [1.165, 1.54) is 85.0 Å². The third-order valence-corrected chi connectivity index (χ3v) is 11.6. The molecule has 0 saturated carbocycles. The molecule has 7 aromatic carbocycles. The Morgan fingerprint density at radius 2 is 1.18 bits per heavy atom. The maximum absolute atomic E-state index is 5.04. The van der Waals surface area contributed by atoms with Crippen LogP contribution in [0, 0.1) is 0 Å². The fraction of sp³-hybridized carbons (Fsp3) is 0.0488. The minimum absolute atomic E-state index is 0.882. The Hall–Kier alpha value is -4.90. The monoisotopic (exact) mass is 610 g/mol. The van der Waals surface area contributed by atoms with Crippen LogP contribution in [0.1, 0.15) is 12.7 Å². The van der Waals surface area contributed by atoms with Crippen molar-refractivity contribution in [3.63, 3.8) is 0 Å². The lowest BCUT2D eigenvalue weighted by Crippen LogP contribution is -2.06. The van der Waals surface area contributed by atoms with Gasteiger partial charge in [0, 0.05) is 36.4 Å². The maximum atomic E-state index is 5.04. The van der Waals surface area contributed by atoms with Crippen molar-refractivity contribution >= 4 is 75.8 Å². The van der Waals surface area contributed by atoms with E-state index in [4.69, 9.17) is 4.98 Å². The normalized spacial score (nSPS) is 12.6. The highest BCUT2D eigenvalue weighted by Gasteiger charge is 2.24. The van der Waals surface area contributed by atoms with Gasteiger partial charge in [-0.1, -0.05) is 110 Å². The molecular formula is C41H26N2S2. The average molecular weight is 611 g/mol. The topological polar surface area (TPSA) is 17.8 Å². The first-order valence-corrected chi connectivity index (χ1v) is 17.1. The molecule has 9 aromatic rings. The second kappa shape index (κ2) is 9.55. The van der Waals surface area contributed by atoms with E-state index >= 15 is 0 Å². The van der Waals surface area contributed by atoms with E-state index in [0.29, 0.717) is 0 Å². The van der Waals surface area contributed by atoms with Crippen molar-refractivity contribution in [2.75, 3.05) is 0 Å². The number of thiophene rings is 1. The van der Waals surface area contributed by atoms with Crippen molar-refractivity contribution in [1.29, 1.82) is 0 Å². The lowest BCUT2D eigenvalue weighted by Gasteiger charge is -2.22. The van der Waals surface area contributed by atoms with Gasteiger partial charge in [-0.3, -0.25) is 4.57 Å². The summed E-state index contributed by atoms with van der Waals surface area (Å²) < 4.78 is 5.07. The van der Waals surface area contributed by atoms with Crippen LogP contribution >= 0.6 is 23.1 Å². The summed E-state index contributed by atoms with van der Waals surface area (Å²) in [6.07, 6.45) is 0.882. The van der Waals surface area contributed by atoms with Gasteiger partial charge in [0.1, 0.15) is 5.82 Å². The van der Waals surface area contributed by atoms with Crippen LogP contribution in [0.4, 0.5) is 0 Å². The Kier molecular flexibility index (Phi) is 5.40. The zero-order chi connectivity index (χ0) is 29.6. The number of benzene rings is 7. The van der Waals surface area contributed by atoms with Crippen LogP contribution in [0.3, 0.4) is 0 Å². The van der Waals surface area contributed by atoms with E-state index < -0.39 is 0 Å². The molecule has 0 spiro atoms. The molecule has 0 amide bonds. The smallest absolute Gasteiger partial charge is 0.114 e. The number of rotatable bonds is 3. The first kappa shape index (κ1) is 25.4. The summed E-state index contributed by atoms with van der Waals surface area (Å²) in [7, 11) is 0. The highest BCUT2D eigenvalue weighted by atomic mass is 32.2. The molecule has 0 fully saturated rings. The molecule has 1 aliphatic rings. The third kappa shape index (κ3) is 3.61. The van der Waals surface area contributed by atoms with E-state index in [9.17, 15) is 0 Å². The molecule has 0 saturated heterocycles. The van der Waals surface area contributed by atoms with Gasteiger partial charge in [0.05, 0.1) is 16.7 Å². The first-order valence-electron chi connectivity index (χ1n) is 15.4. The number of aryl methyl sites for hydroxylation is 1. The Morgan fingerprint density at radius 1 is 0.556 bits per heavy atom. The van der Waals surface area contributed by atoms with Gasteiger partial charge in [-0.25, -0.2) is 4.98 Å². The van der Waals surface area contributed by atoms with E-state index in [0.717, 1.165) is 17.8 Å². The highest BCUT2D eigenvalue weighted by Crippen LogP contribution is 2.48. The summed E-state index contributed by atoms with van der Waals surface area (Å²) in [5, 5.41) is 7.78. The predicted molar refractivity (Wildman–Crippen MR) is 193 cm³/mol. The fourth-order valence-corrected chi connectivity index (χ4v) is 9.62. The van der Waals surface area contributed by atoms with Crippen LogP contribution in [0.2, 0.25) is 0 Å². The molecule has 212 valence electrons. The zero-order valence-corrected chi connectivity index (χ0v) is 26.2. The molecule has 45 heavy (non-hydrogen) atoms. The molecule has 0 bridgehead atoms. The number of para-hydroxylation sites is 1. The molecular weight excluding hydrogens is 585 g/mol. The Labute approximate surface area is 268 Å². The number of nitrogens with zero attached hydrogens (tertiary/aromatic N) is 2. The van der Waals surface area contributed by atoms with Gasteiger partial charge in [0.2, 0.25) is 0 Å². The largest absolute Gasteiger partial charge is 0.294 e. The van der Waals surface area contributed by atoms with Gasteiger partial charge in [0.15, 0.2) is 0 Å². The van der Waals surface area contributed by atoms with E-state index in [1.807, 2.05) is 23.1 Å². The van der Waals surface area contributed by atoms with E-state index in [1.54, 1.807) is 0 Å². The molecule has 10 rings (SSSR count). The number of hydrogen-bond donors (Lipinski definition) is 0. The minimum atomic E-state index is 0.882. The Bertz CT molecular complexity index is 2620. The Balaban J connectivity index is 1.25. The lowest BCUT2D eigenvalue weighted by atomic mass is 9.86. The predicted octanol–water partition coefficient (Wildman–Crippen LogP) is 12.1. The molecule has 0 unspecified atom stereocenters. The number of fused-ring (bicyclic) bond motifs is 7. The van der Waals surface area contributed by atoms with Crippen LogP contribution in [0.5, 0.6) is 0 Å². The number of aromatic nitrogens is 2. The lowest BCUT2D eigenvalue weighted by molar-refractivity contribution is 0.888. The second-order valence-corrected chi connectivity index (χ2v) is 13.9. The van der Waals surface area contributed by atoms with Crippen molar-refractivity contribution < 1.29 is 0 Å². The molecule has 0 N–H and O–H groups in total. The summed E-state index contributed by atoms with van der Waals surface area (Å²) in [5.74, 6) is 1.11. The molecule has 0 radical (unpaired) electrons. The van der Waals surface area contributed by atoms with Gasteiger partial charge >= 0.3 is 0 Å². The Morgan fingerprint density at radius 3 is 1.89 bits per heavy atom. The molecule has 2 aromatic heterocycles. The molecule has 4 heteroatoms. The standard InChI is InChI=1S/C41H26N2S2/c1-2-38-42-32-15-9-17-36-41(32)43(38)33-22-24(19-21-35(33)45-36)39-28-11-3-5-13-30(28)40(31-14-6-4-12-29(31)39)25-18-20-27-26-10-7-8-16-34(26)44-37(27)23-25/h3-23H,2H2,1H3. The molecule has 3 heterocycles. The summed E-state index contributed by atoms with van der Waals surface area (Å²) >= 11 is 3.73. The molecule has 1 aliphatic heterocycles. The number of hydrogen-bond acceptors (Lipinski definition) is 3. The van der Waals surface area contributed by atoms with Crippen LogP contribution in [-0.2, 0) is 6.42 Å². The number of imidazole rings is 1. The maximum Gasteiger partial charge on any atom is 0.114 e. The summed E-state index contributed by atoms with van der Waals surface area (Å²) in [5.41, 5.74) is 8.61. The summed E-state index contributed by atoms with van der Waals surface area (Å²) in [4.78, 5) is 7.58. The third-order valence-electron chi connectivity index (χ3n) is 9.33. The molecule has 2 nitrogen and oxygen atoms in total. The van der Waals surface area contributed by atoms with Crippen LogP contribution in [0.15, 0.2) is 137 Å². The van der Waals surface area contributed by atoms with Crippen molar-refractivity contribution in [2.24, 2.45) is 0 Å². The fourth-order valence-electron chi connectivity index (χ4n) is 7.41. The van der Waals surface area contributed by atoms with Gasteiger partial charge in [-0.2, -0.15) is 0 Å².